The van der Waals surface area contributed by atoms with Crippen molar-refractivity contribution >= 4 is 16.7 Å². The van der Waals surface area contributed by atoms with Gasteiger partial charge in [-0.3, -0.25) is 4.79 Å². The van der Waals surface area contributed by atoms with Gasteiger partial charge in [0.2, 0.25) is 0 Å². The molecule has 1 atom stereocenters. The predicted molar refractivity (Wildman–Crippen MR) is 98.1 cm³/mol. The lowest BCUT2D eigenvalue weighted by Crippen LogP contribution is -2.29. The molecular formula is C21H22N2O. The summed E-state index contributed by atoms with van der Waals surface area (Å²) >= 11 is 0. The number of rotatable bonds is 5. The zero-order chi connectivity index (χ0) is 16.5. The van der Waals surface area contributed by atoms with E-state index in [9.17, 15) is 4.79 Å². The van der Waals surface area contributed by atoms with Crippen molar-refractivity contribution in [1.29, 1.82) is 0 Å². The number of carbonyl (C=O) groups excluding carboxylic acids is 1. The van der Waals surface area contributed by atoms with Gasteiger partial charge in [-0.15, -0.1) is 0 Å². The van der Waals surface area contributed by atoms with Gasteiger partial charge in [-0.05, 0) is 35.6 Å². The monoisotopic (exact) mass is 318 g/mol. The Labute approximate surface area is 142 Å². The van der Waals surface area contributed by atoms with Crippen molar-refractivity contribution in [2.75, 3.05) is 6.54 Å². The molecule has 1 heterocycles. The smallest absolute Gasteiger partial charge is 0.146 e. The number of hydrogen-bond donors (Lipinski definition) is 2. The summed E-state index contributed by atoms with van der Waals surface area (Å²) in [5.41, 5.74) is 6.39. The maximum absolute atomic E-state index is 11.7. The van der Waals surface area contributed by atoms with Crippen molar-refractivity contribution in [1.82, 2.24) is 10.3 Å². The summed E-state index contributed by atoms with van der Waals surface area (Å²) in [5.74, 6) is 0.270. The number of benzene rings is 2. The Hall–Kier alpha value is -2.39. The van der Waals surface area contributed by atoms with Gasteiger partial charge in [0, 0.05) is 29.1 Å². The fourth-order valence-corrected chi connectivity index (χ4v) is 3.76. The van der Waals surface area contributed by atoms with E-state index in [1.54, 1.807) is 0 Å². The molecular weight excluding hydrogens is 296 g/mol. The van der Waals surface area contributed by atoms with Gasteiger partial charge in [0.1, 0.15) is 5.78 Å². The highest BCUT2D eigenvalue weighted by Crippen LogP contribution is 2.40. The van der Waals surface area contributed by atoms with E-state index in [0.717, 1.165) is 12.8 Å². The molecule has 1 unspecified atom stereocenters. The Morgan fingerprint density at radius 3 is 2.79 bits per heavy atom. The molecule has 0 fully saturated rings. The normalized spacial score (nSPS) is 16.5. The molecule has 24 heavy (non-hydrogen) atoms. The molecule has 2 N–H and O–H groups in total. The third kappa shape index (κ3) is 2.55. The van der Waals surface area contributed by atoms with E-state index in [0.29, 0.717) is 13.0 Å². The van der Waals surface area contributed by atoms with Gasteiger partial charge in [-0.25, -0.2) is 0 Å². The Morgan fingerprint density at radius 2 is 2.00 bits per heavy atom. The molecule has 0 radical (unpaired) electrons. The van der Waals surface area contributed by atoms with Crippen LogP contribution < -0.4 is 5.32 Å². The van der Waals surface area contributed by atoms with Crippen molar-refractivity contribution in [2.24, 2.45) is 0 Å². The van der Waals surface area contributed by atoms with Gasteiger partial charge in [0.05, 0.1) is 6.54 Å². The van der Waals surface area contributed by atoms with Gasteiger partial charge in [-0.2, -0.15) is 0 Å². The predicted octanol–water partition coefficient (Wildman–Crippen LogP) is 4.39. The fourth-order valence-electron chi connectivity index (χ4n) is 3.76. The van der Waals surface area contributed by atoms with E-state index < -0.39 is 0 Å². The molecule has 0 spiro atoms. The first-order chi connectivity index (χ1) is 11.8. The first kappa shape index (κ1) is 15.2. The van der Waals surface area contributed by atoms with Crippen molar-refractivity contribution in [3.8, 4) is 11.3 Å². The second kappa shape index (κ2) is 6.25. The molecule has 4 rings (SSSR count). The molecule has 122 valence electrons. The number of Topliss-reactive ketones (excluding diaryl/α,β-unsaturated/α-hetero) is 1. The first-order valence-electron chi connectivity index (χ1n) is 8.72. The first-order valence-corrected chi connectivity index (χ1v) is 8.72. The number of aromatic nitrogens is 1. The van der Waals surface area contributed by atoms with Crippen LogP contribution in [0.2, 0.25) is 0 Å². The van der Waals surface area contributed by atoms with Crippen LogP contribution in [-0.4, -0.2) is 17.3 Å². The van der Waals surface area contributed by atoms with Crippen LogP contribution in [0.5, 0.6) is 0 Å². The summed E-state index contributed by atoms with van der Waals surface area (Å²) in [6.07, 6.45) is 2.65. The van der Waals surface area contributed by atoms with E-state index >= 15 is 0 Å². The van der Waals surface area contributed by atoms with Crippen LogP contribution in [0, 0.1) is 0 Å². The lowest BCUT2D eigenvalue weighted by Gasteiger charge is -2.25. The number of hydrogen-bond acceptors (Lipinski definition) is 2. The minimum Gasteiger partial charge on any atom is -0.354 e. The number of aryl methyl sites for hydroxylation is 1. The van der Waals surface area contributed by atoms with Crippen molar-refractivity contribution < 1.29 is 4.79 Å². The average Bonchev–Trinajstić information content (AvgIpc) is 3.02. The lowest BCUT2D eigenvalue weighted by molar-refractivity contribution is -0.118. The van der Waals surface area contributed by atoms with E-state index in [1.165, 1.54) is 33.3 Å². The van der Waals surface area contributed by atoms with Crippen LogP contribution in [0.1, 0.15) is 36.9 Å². The van der Waals surface area contributed by atoms with Crippen molar-refractivity contribution in [2.45, 2.75) is 32.2 Å². The highest BCUT2D eigenvalue weighted by Gasteiger charge is 2.25. The maximum Gasteiger partial charge on any atom is 0.146 e. The SMILES string of the molecule is CCC(=O)CNC1CCc2c(-c3ccccc3)[nH]c3cccc1c23. The number of nitrogens with one attached hydrogen (secondary N) is 2. The molecule has 3 aromatic rings. The van der Waals surface area contributed by atoms with Gasteiger partial charge >= 0.3 is 0 Å². The number of H-pyrrole nitrogens is 1. The molecule has 0 saturated carbocycles. The zero-order valence-electron chi connectivity index (χ0n) is 13.9. The van der Waals surface area contributed by atoms with Gasteiger partial charge in [0.15, 0.2) is 0 Å². The Bertz CT molecular complexity index is 879. The van der Waals surface area contributed by atoms with Crippen molar-refractivity contribution in [3.05, 3.63) is 59.7 Å². The van der Waals surface area contributed by atoms with E-state index in [4.69, 9.17) is 0 Å². The van der Waals surface area contributed by atoms with Crippen LogP contribution in [0.3, 0.4) is 0 Å². The third-order valence-corrected chi connectivity index (χ3v) is 5.02. The molecule has 3 heteroatoms. The van der Waals surface area contributed by atoms with E-state index in [2.05, 4.69) is 52.8 Å². The topological polar surface area (TPSA) is 44.9 Å². The molecule has 0 bridgehead atoms. The largest absolute Gasteiger partial charge is 0.354 e. The maximum atomic E-state index is 11.7. The fraction of sp³-hybridized carbons (Fsp3) is 0.286. The van der Waals surface area contributed by atoms with Gasteiger partial charge in [-0.1, -0.05) is 49.4 Å². The minimum absolute atomic E-state index is 0.260. The van der Waals surface area contributed by atoms with Crippen LogP contribution in [0.15, 0.2) is 48.5 Å². The minimum atomic E-state index is 0.260. The van der Waals surface area contributed by atoms with Crippen LogP contribution in [-0.2, 0) is 11.2 Å². The summed E-state index contributed by atoms with van der Waals surface area (Å²) in [5, 5.41) is 4.80. The molecule has 0 aliphatic heterocycles. The third-order valence-electron chi connectivity index (χ3n) is 5.02. The lowest BCUT2D eigenvalue weighted by atomic mass is 9.87. The molecule has 2 aromatic carbocycles. The molecule has 0 amide bonds. The summed E-state index contributed by atoms with van der Waals surface area (Å²) in [6.45, 7) is 2.38. The van der Waals surface area contributed by atoms with Gasteiger partial charge < -0.3 is 10.3 Å². The highest BCUT2D eigenvalue weighted by molar-refractivity contribution is 5.94. The van der Waals surface area contributed by atoms with E-state index in [-0.39, 0.29) is 11.8 Å². The summed E-state index contributed by atoms with van der Waals surface area (Å²) in [6, 6.07) is 17.2. The summed E-state index contributed by atoms with van der Waals surface area (Å²) in [4.78, 5) is 15.3. The summed E-state index contributed by atoms with van der Waals surface area (Å²) in [7, 11) is 0. The molecule has 3 nitrogen and oxygen atoms in total. The number of ketones is 1. The Balaban J connectivity index is 1.76. The molecule has 0 saturated heterocycles. The number of carbonyl (C=O) groups is 1. The average molecular weight is 318 g/mol. The Kier molecular flexibility index (Phi) is 3.95. The standard InChI is InChI=1S/C21H22N2O/c1-2-15(24)13-22-18-12-11-17-20-16(18)9-6-10-19(20)23-21(17)14-7-4-3-5-8-14/h3-10,18,22-23H,2,11-13H2,1H3. The second-order valence-corrected chi connectivity index (χ2v) is 6.48. The highest BCUT2D eigenvalue weighted by atomic mass is 16.1. The van der Waals surface area contributed by atoms with Crippen LogP contribution >= 0.6 is 0 Å². The number of aromatic amines is 1. The Morgan fingerprint density at radius 1 is 1.17 bits per heavy atom. The van der Waals surface area contributed by atoms with Gasteiger partial charge in [0.25, 0.3) is 0 Å². The molecule has 1 aromatic heterocycles. The van der Waals surface area contributed by atoms with E-state index in [1.807, 2.05) is 13.0 Å². The second-order valence-electron chi connectivity index (χ2n) is 6.48. The molecule has 1 aliphatic rings. The molecule has 1 aliphatic carbocycles. The van der Waals surface area contributed by atoms with Crippen molar-refractivity contribution in [3.63, 3.8) is 0 Å². The van der Waals surface area contributed by atoms with Crippen LogP contribution in [0.4, 0.5) is 0 Å². The quantitative estimate of drug-likeness (QED) is 0.733. The van der Waals surface area contributed by atoms with Crippen LogP contribution in [0.25, 0.3) is 22.2 Å². The zero-order valence-corrected chi connectivity index (χ0v) is 13.9. The summed E-state index contributed by atoms with van der Waals surface area (Å²) < 4.78 is 0.